The molecule has 4 aromatic rings. The lowest BCUT2D eigenvalue weighted by Gasteiger charge is -2.09. The van der Waals surface area contributed by atoms with Crippen LogP contribution in [-0.2, 0) is 6.42 Å². The van der Waals surface area contributed by atoms with Crippen LogP contribution >= 0.6 is 11.3 Å². The van der Waals surface area contributed by atoms with Gasteiger partial charge in [0.1, 0.15) is 17.3 Å². The van der Waals surface area contributed by atoms with E-state index < -0.39 is 0 Å². The minimum Gasteiger partial charge on any atom is -0.497 e. The van der Waals surface area contributed by atoms with E-state index >= 15 is 0 Å². The number of anilines is 1. The van der Waals surface area contributed by atoms with Crippen LogP contribution in [0.1, 0.15) is 27.4 Å². The molecule has 0 fully saturated rings. The van der Waals surface area contributed by atoms with Crippen molar-refractivity contribution in [2.45, 2.75) is 13.3 Å². The molecule has 2 aromatic carbocycles. The molecule has 0 aliphatic heterocycles. The monoisotopic (exact) mass is 408 g/mol. The van der Waals surface area contributed by atoms with Gasteiger partial charge in [0.15, 0.2) is 10.9 Å². The molecule has 6 nitrogen and oxygen atoms in total. The number of rotatable bonds is 6. The Bertz CT molecular complexity index is 1180. The predicted molar refractivity (Wildman–Crippen MR) is 113 cm³/mol. The second kappa shape index (κ2) is 7.97. The predicted octanol–water partition coefficient (Wildman–Crippen LogP) is 5.06. The molecule has 0 atom stereocenters. The van der Waals surface area contributed by atoms with Crippen molar-refractivity contribution in [3.63, 3.8) is 0 Å². The van der Waals surface area contributed by atoms with Crippen molar-refractivity contribution in [1.82, 2.24) is 4.98 Å². The van der Waals surface area contributed by atoms with Gasteiger partial charge in [-0.05, 0) is 48.9 Å². The molecule has 0 bridgehead atoms. The number of thiazole rings is 1. The first-order valence-electron chi connectivity index (χ1n) is 9.04. The van der Waals surface area contributed by atoms with Crippen LogP contribution in [0.4, 0.5) is 5.13 Å². The van der Waals surface area contributed by atoms with E-state index in [1.165, 1.54) is 11.3 Å². The smallest absolute Gasteiger partial charge is 0.293 e. The Labute approximate surface area is 172 Å². The topological polar surface area (TPSA) is 73.6 Å². The fourth-order valence-corrected chi connectivity index (χ4v) is 4.04. The number of nitrogens with zero attached hydrogens (tertiary/aromatic N) is 1. The van der Waals surface area contributed by atoms with Crippen LogP contribution in [0.5, 0.6) is 11.5 Å². The number of ether oxygens (including phenoxy) is 2. The van der Waals surface area contributed by atoms with Crippen LogP contribution in [0.3, 0.4) is 0 Å². The van der Waals surface area contributed by atoms with Gasteiger partial charge >= 0.3 is 0 Å². The number of furan rings is 1. The van der Waals surface area contributed by atoms with Gasteiger partial charge < -0.3 is 13.9 Å². The van der Waals surface area contributed by atoms with E-state index in [9.17, 15) is 4.79 Å². The summed E-state index contributed by atoms with van der Waals surface area (Å²) in [5, 5.41) is 3.37. The van der Waals surface area contributed by atoms with Gasteiger partial charge in [-0.15, -0.1) is 0 Å². The molecule has 29 heavy (non-hydrogen) atoms. The summed E-state index contributed by atoms with van der Waals surface area (Å²) in [4.78, 5) is 17.1. The Hall–Kier alpha value is -3.32. The van der Waals surface area contributed by atoms with Gasteiger partial charge in [-0.2, -0.15) is 0 Å². The molecule has 1 amide bonds. The normalized spacial score (nSPS) is 10.9. The molecular formula is C22H20N2O4S. The van der Waals surface area contributed by atoms with Crippen molar-refractivity contribution in [2.75, 3.05) is 19.5 Å². The van der Waals surface area contributed by atoms with Crippen molar-refractivity contribution in [3.8, 4) is 11.5 Å². The molecule has 0 saturated carbocycles. The Morgan fingerprint density at radius 3 is 2.76 bits per heavy atom. The number of aromatic nitrogens is 1. The van der Waals surface area contributed by atoms with Gasteiger partial charge in [0, 0.05) is 12.0 Å². The van der Waals surface area contributed by atoms with E-state index in [0.29, 0.717) is 17.3 Å². The molecule has 0 aliphatic carbocycles. The molecule has 1 N–H and O–H groups in total. The van der Waals surface area contributed by atoms with Crippen molar-refractivity contribution in [1.29, 1.82) is 0 Å². The highest BCUT2D eigenvalue weighted by molar-refractivity contribution is 7.22. The molecule has 0 aliphatic rings. The van der Waals surface area contributed by atoms with Crippen LogP contribution in [0, 0.1) is 6.92 Å². The number of amides is 1. The molecule has 2 aromatic heterocycles. The lowest BCUT2D eigenvalue weighted by atomic mass is 10.1. The first-order valence-corrected chi connectivity index (χ1v) is 9.86. The maximum absolute atomic E-state index is 12.6. The van der Waals surface area contributed by atoms with Crippen LogP contribution in [-0.4, -0.2) is 25.1 Å². The number of carbonyl (C=O) groups is 1. The van der Waals surface area contributed by atoms with E-state index in [2.05, 4.69) is 10.3 Å². The summed E-state index contributed by atoms with van der Waals surface area (Å²) in [6.07, 6.45) is 0.480. The Morgan fingerprint density at radius 1 is 1.14 bits per heavy atom. The van der Waals surface area contributed by atoms with E-state index in [0.717, 1.165) is 32.8 Å². The van der Waals surface area contributed by atoms with Gasteiger partial charge in [0.2, 0.25) is 0 Å². The highest BCUT2D eigenvalue weighted by atomic mass is 32.1. The minimum absolute atomic E-state index is 0.234. The van der Waals surface area contributed by atoms with Crippen LogP contribution in [0.2, 0.25) is 0 Å². The molecule has 0 saturated heterocycles. The summed E-state index contributed by atoms with van der Waals surface area (Å²) in [5.41, 5.74) is 2.89. The number of fused-ring (bicyclic) bond motifs is 1. The van der Waals surface area contributed by atoms with Gasteiger partial charge in [0.25, 0.3) is 5.91 Å². The summed E-state index contributed by atoms with van der Waals surface area (Å²) in [7, 11) is 3.23. The zero-order valence-electron chi connectivity index (χ0n) is 16.3. The SMILES string of the molecule is COc1ccc(OC)c(Cc2ccc(C(=O)Nc3nc4c(C)cccc4s3)o2)c1. The maximum atomic E-state index is 12.6. The highest BCUT2D eigenvalue weighted by Crippen LogP contribution is 2.29. The molecular weight excluding hydrogens is 388 g/mol. The summed E-state index contributed by atoms with van der Waals surface area (Å²) in [6, 6.07) is 15.0. The second-order valence-electron chi connectivity index (χ2n) is 6.52. The van der Waals surface area contributed by atoms with Crippen molar-refractivity contribution in [2.24, 2.45) is 0 Å². The summed E-state index contributed by atoms with van der Waals surface area (Å²) >= 11 is 1.44. The number of hydrogen-bond acceptors (Lipinski definition) is 6. The van der Waals surface area contributed by atoms with Gasteiger partial charge in [-0.3, -0.25) is 10.1 Å². The summed E-state index contributed by atoms with van der Waals surface area (Å²) in [5.74, 6) is 2.03. The molecule has 0 spiro atoms. The van der Waals surface area contributed by atoms with Crippen LogP contribution in [0.25, 0.3) is 10.2 Å². The van der Waals surface area contributed by atoms with Crippen LogP contribution in [0.15, 0.2) is 52.9 Å². The molecule has 7 heteroatoms. The second-order valence-corrected chi connectivity index (χ2v) is 7.55. The Kier molecular flexibility index (Phi) is 5.22. The van der Waals surface area contributed by atoms with Gasteiger partial charge in [-0.1, -0.05) is 23.5 Å². The molecule has 148 valence electrons. The molecule has 2 heterocycles. The number of methoxy groups -OCH3 is 2. The van der Waals surface area contributed by atoms with Gasteiger partial charge in [-0.25, -0.2) is 4.98 Å². The lowest BCUT2D eigenvalue weighted by molar-refractivity contribution is 0.0995. The minimum atomic E-state index is -0.328. The fraction of sp³-hybridized carbons (Fsp3) is 0.182. The Morgan fingerprint density at radius 2 is 2.00 bits per heavy atom. The quantitative estimate of drug-likeness (QED) is 0.483. The summed E-state index contributed by atoms with van der Waals surface area (Å²) < 4.78 is 17.5. The number of hydrogen-bond donors (Lipinski definition) is 1. The molecule has 4 rings (SSSR count). The number of para-hydroxylation sites is 1. The van der Waals surface area contributed by atoms with Crippen LogP contribution < -0.4 is 14.8 Å². The molecule has 0 radical (unpaired) electrons. The largest absolute Gasteiger partial charge is 0.497 e. The number of nitrogens with one attached hydrogen (secondary N) is 1. The third-order valence-corrected chi connectivity index (χ3v) is 5.51. The third-order valence-electron chi connectivity index (χ3n) is 4.58. The number of carbonyl (C=O) groups excluding carboxylic acids is 1. The number of aryl methyl sites for hydroxylation is 1. The van der Waals surface area contributed by atoms with Crippen molar-refractivity contribution >= 4 is 32.6 Å². The zero-order chi connectivity index (χ0) is 20.4. The average molecular weight is 408 g/mol. The average Bonchev–Trinajstić information content (AvgIpc) is 3.35. The van der Waals surface area contributed by atoms with Crippen molar-refractivity contribution in [3.05, 3.63) is 71.2 Å². The maximum Gasteiger partial charge on any atom is 0.293 e. The standard InChI is InChI=1S/C22H20N2O4S/c1-13-5-4-6-19-20(13)23-22(29-19)24-21(25)18-10-8-16(28-18)12-14-11-15(26-2)7-9-17(14)27-3/h4-11H,12H2,1-3H3,(H,23,24,25). The Balaban J connectivity index is 1.51. The fourth-order valence-electron chi connectivity index (χ4n) is 3.10. The number of benzene rings is 2. The highest BCUT2D eigenvalue weighted by Gasteiger charge is 2.16. The van der Waals surface area contributed by atoms with E-state index in [1.54, 1.807) is 26.4 Å². The summed E-state index contributed by atoms with van der Waals surface area (Å²) in [6.45, 7) is 2.00. The molecule has 0 unspecified atom stereocenters. The zero-order valence-corrected chi connectivity index (χ0v) is 17.1. The van der Waals surface area contributed by atoms with E-state index in [1.807, 2.05) is 43.3 Å². The third kappa shape index (κ3) is 3.95. The van der Waals surface area contributed by atoms with Crippen molar-refractivity contribution < 1.29 is 18.7 Å². The lowest BCUT2D eigenvalue weighted by Crippen LogP contribution is -2.10. The van der Waals surface area contributed by atoms with E-state index in [4.69, 9.17) is 13.9 Å². The van der Waals surface area contributed by atoms with Gasteiger partial charge in [0.05, 0.1) is 24.4 Å². The first-order chi connectivity index (χ1) is 14.1. The van der Waals surface area contributed by atoms with E-state index in [-0.39, 0.29) is 11.7 Å². The first kappa shape index (κ1) is 19.0.